The zero-order chi connectivity index (χ0) is 17.3. The summed E-state index contributed by atoms with van der Waals surface area (Å²) in [6.45, 7) is 1.98. The Morgan fingerprint density at radius 2 is 2.12 bits per heavy atom. The molecule has 8 heteroatoms. The van der Waals surface area contributed by atoms with Gasteiger partial charge >= 0.3 is 5.97 Å². The number of nitrogens with zero attached hydrogens (tertiary/aromatic N) is 3. The second kappa shape index (κ2) is 6.86. The van der Waals surface area contributed by atoms with Gasteiger partial charge in [0.1, 0.15) is 6.04 Å². The molecule has 1 aliphatic rings. The van der Waals surface area contributed by atoms with Gasteiger partial charge in [0.05, 0.1) is 12.7 Å². The van der Waals surface area contributed by atoms with E-state index in [-0.39, 0.29) is 5.97 Å². The molecule has 0 amide bonds. The van der Waals surface area contributed by atoms with Crippen molar-refractivity contribution >= 4 is 35.3 Å². The maximum absolute atomic E-state index is 12.5. The molecule has 2 heterocycles. The van der Waals surface area contributed by atoms with Gasteiger partial charge in [0.15, 0.2) is 0 Å². The predicted molar refractivity (Wildman–Crippen MR) is 94.3 cm³/mol. The number of anilines is 1. The molecule has 0 fully saturated rings. The van der Waals surface area contributed by atoms with Gasteiger partial charge in [0.25, 0.3) is 0 Å². The first-order valence-corrected chi connectivity index (χ1v) is 9.03. The Kier molecular flexibility index (Phi) is 4.82. The van der Waals surface area contributed by atoms with Gasteiger partial charge < -0.3 is 10.1 Å². The molecule has 0 saturated carbocycles. The van der Waals surface area contributed by atoms with Gasteiger partial charge in [-0.1, -0.05) is 42.4 Å². The van der Waals surface area contributed by atoms with Crippen molar-refractivity contribution in [3.63, 3.8) is 0 Å². The summed E-state index contributed by atoms with van der Waals surface area (Å²) in [5.41, 5.74) is 2.22. The lowest BCUT2D eigenvalue weighted by atomic mass is 9.95. The first-order chi connectivity index (χ1) is 11.6. The molecule has 6 nitrogen and oxygen atoms in total. The molecule has 0 saturated heterocycles. The maximum atomic E-state index is 12.5. The number of carbonyl (C=O) groups is 1. The lowest BCUT2D eigenvalue weighted by molar-refractivity contribution is -0.136. The maximum Gasteiger partial charge on any atom is 0.338 e. The largest absolute Gasteiger partial charge is 0.466 e. The minimum absolute atomic E-state index is 0.383. The Hall–Kier alpha value is -1.99. The smallest absolute Gasteiger partial charge is 0.338 e. The Morgan fingerprint density at radius 3 is 2.71 bits per heavy atom. The van der Waals surface area contributed by atoms with Crippen molar-refractivity contribution in [3.05, 3.63) is 46.1 Å². The summed E-state index contributed by atoms with van der Waals surface area (Å²) in [4.78, 5) is 16.9. The molecule has 126 valence electrons. The second-order valence-electron chi connectivity index (χ2n) is 5.18. The van der Waals surface area contributed by atoms with Crippen molar-refractivity contribution < 1.29 is 9.53 Å². The molecular formula is C16H17ClN4O2S. The number of fused-ring (bicyclic) bond motifs is 1. The first kappa shape index (κ1) is 16.9. The number of ether oxygens (including phenoxy) is 1. The van der Waals surface area contributed by atoms with Crippen molar-refractivity contribution in [2.45, 2.75) is 24.5 Å². The molecule has 0 aliphatic carbocycles. The highest BCUT2D eigenvalue weighted by atomic mass is 35.5. The lowest BCUT2D eigenvalue weighted by Crippen LogP contribution is -2.30. The zero-order valence-electron chi connectivity index (χ0n) is 13.5. The van der Waals surface area contributed by atoms with E-state index >= 15 is 0 Å². The van der Waals surface area contributed by atoms with E-state index in [0.29, 0.717) is 28.1 Å². The number of benzene rings is 1. The summed E-state index contributed by atoms with van der Waals surface area (Å²) in [6.07, 6.45) is 2.56. The number of thioether (sulfide) groups is 1. The molecule has 3 rings (SSSR count). The third-order valence-corrected chi connectivity index (χ3v) is 4.63. The van der Waals surface area contributed by atoms with Crippen molar-refractivity contribution in [1.82, 2.24) is 14.8 Å². The fraction of sp³-hybridized carbons (Fsp3) is 0.312. The number of methoxy groups -OCH3 is 1. The van der Waals surface area contributed by atoms with Crippen LogP contribution in [0.3, 0.4) is 0 Å². The Balaban J connectivity index is 2.21. The molecule has 1 aromatic heterocycles. The van der Waals surface area contributed by atoms with Crippen molar-refractivity contribution in [1.29, 1.82) is 0 Å². The number of halogens is 1. The SMILES string of the molecule is CCC1=C(C(=O)OC)C(c2ccc(Cl)cc2)n2nc(SC)nc2N1. The molecule has 1 aliphatic heterocycles. The molecule has 1 atom stereocenters. The molecule has 2 aromatic rings. The highest BCUT2D eigenvalue weighted by Crippen LogP contribution is 2.37. The zero-order valence-corrected chi connectivity index (χ0v) is 15.1. The quantitative estimate of drug-likeness (QED) is 0.661. The number of esters is 1. The van der Waals surface area contributed by atoms with Crippen LogP contribution in [0.1, 0.15) is 24.9 Å². The van der Waals surface area contributed by atoms with E-state index in [1.165, 1.54) is 18.9 Å². The average Bonchev–Trinajstić information content (AvgIpc) is 3.03. The minimum Gasteiger partial charge on any atom is -0.466 e. The summed E-state index contributed by atoms with van der Waals surface area (Å²) < 4.78 is 6.74. The molecule has 0 spiro atoms. The Bertz CT molecular complexity index is 801. The highest BCUT2D eigenvalue weighted by molar-refractivity contribution is 7.98. The van der Waals surface area contributed by atoms with Crippen LogP contribution in [0.25, 0.3) is 0 Å². The Morgan fingerprint density at radius 1 is 1.42 bits per heavy atom. The van der Waals surface area contributed by atoms with Gasteiger partial charge in [-0.3, -0.25) is 0 Å². The molecule has 0 radical (unpaired) electrons. The van der Waals surface area contributed by atoms with E-state index in [1.807, 2.05) is 25.3 Å². The minimum atomic E-state index is -0.408. The third-order valence-electron chi connectivity index (χ3n) is 3.84. The van der Waals surface area contributed by atoms with Crippen LogP contribution in [0.2, 0.25) is 5.02 Å². The number of carbonyl (C=O) groups excluding carboxylic acids is 1. The number of allylic oxidation sites excluding steroid dienone is 1. The molecule has 1 N–H and O–H groups in total. The average molecular weight is 365 g/mol. The molecule has 0 bridgehead atoms. The number of aromatic nitrogens is 3. The van der Waals surface area contributed by atoms with E-state index in [1.54, 1.807) is 16.8 Å². The fourth-order valence-corrected chi connectivity index (χ4v) is 3.19. The van der Waals surface area contributed by atoms with Crippen LogP contribution in [0.15, 0.2) is 40.7 Å². The first-order valence-electron chi connectivity index (χ1n) is 7.43. The monoisotopic (exact) mass is 364 g/mol. The van der Waals surface area contributed by atoms with Crippen LogP contribution < -0.4 is 5.32 Å². The van der Waals surface area contributed by atoms with Crippen LogP contribution in [-0.4, -0.2) is 34.1 Å². The summed E-state index contributed by atoms with van der Waals surface area (Å²) in [5, 5.41) is 8.99. The van der Waals surface area contributed by atoms with E-state index in [9.17, 15) is 4.79 Å². The van der Waals surface area contributed by atoms with Gasteiger partial charge in [-0.2, -0.15) is 4.98 Å². The van der Waals surface area contributed by atoms with E-state index in [4.69, 9.17) is 16.3 Å². The molecule has 1 aromatic carbocycles. The van der Waals surface area contributed by atoms with Gasteiger partial charge in [-0.05, 0) is 30.4 Å². The van der Waals surface area contributed by atoms with E-state index < -0.39 is 6.04 Å². The normalized spacial score (nSPS) is 16.6. The summed E-state index contributed by atoms with van der Waals surface area (Å²) in [5.74, 6) is 0.231. The Labute approximate surface area is 149 Å². The van der Waals surface area contributed by atoms with Gasteiger partial charge in [0, 0.05) is 10.7 Å². The van der Waals surface area contributed by atoms with Gasteiger partial charge in [-0.15, -0.1) is 5.10 Å². The summed E-state index contributed by atoms with van der Waals surface area (Å²) in [6, 6.07) is 6.96. The van der Waals surface area contributed by atoms with Crippen LogP contribution in [0, 0.1) is 0 Å². The number of hydrogen-bond acceptors (Lipinski definition) is 6. The number of nitrogens with one attached hydrogen (secondary N) is 1. The highest BCUT2D eigenvalue weighted by Gasteiger charge is 2.35. The number of rotatable bonds is 4. The third kappa shape index (κ3) is 2.89. The topological polar surface area (TPSA) is 69.0 Å². The molecule has 24 heavy (non-hydrogen) atoms. The standard InChI is InChI=1S/C16H17ClN4O2S/c1-4-11-12(14(22)23-2)13(9-5-7-10(17)8-6-9)21-15(18-11)19-16(20-21)24-3/h5-8,13H,4H2,1-3H3,(H,18,19,20). The van der Waals surface area contributed by atoms with Crippen LogP contribution in [-0.2, 0) is 9.53 Å². The fourth-order valence-electron chi connectivity index (χ4n) is 2.72. The van der Waals surface area contributed by atoms with Crippen LogP contribution >= 0.6 is 23.4 Å². The summed E-state index contributed by atoms with van der Waals surface area (Å²) >= 11 is 7.45. The summed E-state index contributed by atoms with van der Waals surface area (Å²) in [7, 11) is 1.38. The van der Waals surface area contributed by atoms with E-state index in [0.717, 1.165) is 11.3 Å². The van der Waals surface area contributed by atoms with Gasteiger partial charge in [0.2, 0.25) is 11.1 Å². The molecular weight excluding hydrogens is 348 g/mol. The van der Waals surface area contributed by atoms with Crippen molar-refractivity contribution in [2.75, 3.05) is 18.7 Å². The van der Waals surface area contributed by atoms with Crippen molar-refractivity contribution in [2.24, 2.45) is 0 Å². The number of hydrogen-bond donors (Lipinski definition) is 1. The second-order valence-corrected chi connectivity index (χ2v) is 6.39. The van der Waals surface area contributed by atoms with Crippen molar-refractivity contribution in [3.8, 4) is 0 Å². The van der Waals surface area contributed by atoms with Crippen LogP contribution in [0.5, 0.6) is 0 Å². The van der Waals surface area contributed by atoms with E-state index in [2.05, 4.69) is 15.4 Å². The molecule has 1 unspecified atom stereocenters. The lowest BCUT2D eigenvalue weighted by Gasteiger charge is -2.28. The van der Waals surface area contributed by atoms with Crippen LogP contribution in [0.4, 0.5) is 5.95 Å². The van der Waals surface area contributed by atoms with Gasteiger partial charge in [-0.25, -0.2) is 9.48 Å². The predicted octanol–water partition coefficient (Wildman–Crippen LogP) is 3.51.